The predicted molar refractivity (Wildman–Crippen MR) is 115 cm³/mol. The van der Waals surface area contributed by atoms with Crippen LogP contribution >= 0.6 is 0 Å². The second kappa shape index (κ2) is 8.90. The number of nitrogens with zero attached hydrogens (tertiary/aromatic N) is 5. The predicted octanol–water partition coefficient (Wildman–Crippen LogP) is 3.46. The fraction of sp³-hybridized carbons (Fsp3) is 0.333. The Labute approximate surface area is 178 Å². The Balaban J connectivity index is 1.62. The summed E-state index contributed by atoms with van der Waals surface area (Å²) in [6, 6.07) is 9.31. The summed E-state index contributed by atoms with van der Waals surface area (Å²) in [5.41, 5.74) is 1.10. The van der Waals surface area contributed by atoms with Crippen molar-refractivity contribution in [3.05, 3.63) is 53.0 Å². The van der Waals surface area contributed by atoms with E-state index < -0.39 is 4.92 Å². The summed E-state index contributed by atoms with van der Waals surface area (Å²) < 4.78 is 5.10. The molecule has 3 heterocycles. The first-order chi connectivity index (χ1) is 15.1. The Morgan fingerprint density at radius 2 is 2.00 bits per heavy atom. The number of aromatic nitrogens is 3. The maximum atomic E-state index is 12.0. The quantitative estimate of drug-likeness (QED) is 0.361. The van der Waals surface area contributed by atoms with Crippen LogP contribution in [0.25, 0.3) is 10.9 Å². The second-order valence-electron chi connectivity index (χ2n) is 7.17. The standard InChI is InChI=1S/C21H22N6O4/c1-2-31-21(28)15-8-11-26(12-9-15)20-18(27(29)30)19(23-13-24-20)25-16-7-3-5-14-6-4-10-22-17(14)16/h3-7,10,13,15H,2,8-9,11-12H2,1H3,(H,23,24,25). The lowest BCUT2D eigenvalue weighted by Crippen LogP contribution is -2.37. The summed E-state index contributed by atoms with van der Waals surface area (Å²) in [6.07, 6.45) is 4.08. The van der Waals surface area contributed by atoms with Crippen molar-refractivity contribution < 1.29 is 14.5 Å². The van der Waals surface area contributed by atoms with E-state index in [-0.39, 0.29) is 29.2 Å². The molecule has 10 heteroatoms. The van der Waals surface area contributed by atoms with E-state index in [2.05, 4.69) is 20.3 Å². The molecule has 0 aliphatic carbocycles. The number of para-hydroxylation sites is 1. The fourth-order valence-corrected chi connectivity index (χ4v) is 3.78. The number of piperidine rings is 1. The molecule has 0 atom stereocenters. The molecule has 0 amide bonds. The Morgan fingerprint density at radius 1 is 1.23 bits per heavy atom. The summed E-state index contributed by atoms with van der Waals surface area (Å²) in [6.45, 7) is 3.05. The number of ether oxygens (including phenoxy) is 1. The number of fused-ring (bicyclic) bond motifs is 1. The number of hydrogen-bond acceptors (Lipinski definition) is 9. The molecule has 0 spiro atoms. The molecular formula is C21H22N6O4. The molecule has 1 saturated heterocycles. The van der Waals surface area contributed by atoms with Crippen molar-refractivity contribution in [1.82, 2.24) is 15.0 Å². The van der Waals surface area contributed by atoms with Gasteiger partial charge in [0.05, 0.1) is 28.7 Å². The molecule has 2 aromatic heterocycles. The number of esters is 1. The van der Waals surface area contributed by atoms with Gasteiger partial charge in [0, 0.05) is 24.7 Å². The molecule has 0 radical (unpaired) electrons. The highest BCUT2D eigenvalue weighted by atomic mass is 16.6. The van der Waals surface area contributed by atoms with Gasteiger partial charge in [-0.05, 0) is 31.9 Å². The minimum Gasteiger partial charge on any atom is -0.466 e. The van der Waals surface area contributed by atoms with E-state index in [4.69, 9.17) is 4.74 Å². The second-order valence-corrected chi connectivity index (χ2v) is 7.17. The number of pyridine rings is 1. The fourth-order valence-electron chi connectivity index (χ4n) is 3.78. The lowest BCUT2D eigenvalue weighted by Gasteiger charge is -2.31. The molecule has 160 valence electrons. The minimum absolute atomic E-state index is 0.0978. The van der Waals surface area contributed by atoms with Crippen molar-refractivity contribution in [2.24, 2.45) is 5.92 Å². The van der Waals surface area contributed by atoms with Crippen LogP contribution in [0.4, 0.5) is 23.0 Å². The zero-order valence-electron chi connectivity index (χ0n) is 17.0. The number of carbonyl (C=O) groups excluding carboxylic acids is 1. The van der Waals surface area contributed by atoms with E-state index in [0.717, 1.165) is 5.39 Å². The van der Waals surface area contributed by atoms with Crippen molar-refractivity contribution in [2.75, 3.05) is 29.9 Å². The van der Waals surface area contributed by atoms with Crippen molar-refractivity contribution in [1.29, 1.82) is 0 Å². The van der Waals surface area contributed by atoms with Gasteiger partial charge in [-0.2, -0.15) is 0 Å². The lowest BCUT2D eigenvalue weighted by molar-refractivity contribution is -0.383. The smallest absolute Gasteiger partial charge is 0.353 e. The Kier molecular flexibility index (Phi) is 5.87. The van der Waals surface area contributed by atoms with Crippen LogP contribution in [0, 0.1) is 16.0 Å². The number of benzene rings is 1. The number of carbonyl (C=O) groups is 1. The highest BCUT2D eigenvalue weighted by molar-refractivity contribution is 5.92. The molecule has 0 unspecified atom stereocenters. The van der Waals surface area contributed by atoms with Crippen LogP contribution in [-0.2, 0) is 9.53 Å². The maximum Gasteiger partial charge on any atom is 0.353 e. The summed E-state index contributed by atoms with van der Waals surface area (Å²) >= 11 is 0. The van der Waals surface area contributed by atoms with Gasteiger partial charge in [-0.3, -0.25) is 19.9 Å². The molecule has 3 aromatic rings. The molecule has 1 aliphatic rings. The van der Waals surface area contributed by atoms with Crippen molar-refractivity contribution in [3.8, 4) is 0 Å². The van der Waals surface area contributed by atoms with E-state index in [0.29, 0.717) is 43.7 Å². The average molecular weight is 422 g/mol. The van der Waals surface area contributed by atoms with E-state index in [1.165, 1.54) is 6.33 Å². The van der Waals surface area contributed by atoms with Crippen LogP contribution in [0.2, 0.25) is 0 Å². The van der Waals surface area contributed by atoms with E-state index in [1.807, 2.05) is 29.2 Å². The van der Waals surface area contributed by atoms with Crippen LogP contribution in [-0.4, -0.2) is 45.5 Å². The molecule has 31 heavy (non-hydrogen) atoms. The third kappa shape index (κ3) is 4.23. The van der Waals surface area contributed by atoms with Gasteiger partial charge < -0.3 is 15.0 Å². The number of nitro groups is 1. The molecule has 1 N–H and O–H groups in total. The van der Waals surface area contributed by atoms with E-state index >= 15 is 0 Å². The van der Waals surface area contributed by atoms with Gasteiger partial charge in [0.15, 0.2) is 0 Å². The van der Waals surface area contributed by atoms with Gasteiger partial charge >= 0.3 is 11.7 Å². The highest BCUT2D eigenvalue weighted by Crippen LogP contribution is 2.36. The number of nitrogens with one attached hydrogen (secondary N) is 1. The first-order valence-electron chi connectivity index (χ1n) is 10.1. The van der Waals surface area contributed by atoms with E-state index in [1.54, 1.807) is 19.2 Å². The average Bonchev–Trinajstić information content (AvgIpc) is 2.79. The zero-order valence-corrected chi connectivity index (χ0v) is 17.0. The van der Waals surface area contributed by atoms with E-state index in [9.17, 15) is 14.9 Å². The first-order valence-corrected chi connectivity index (χ1v) is 10.1. The van der Waals surface area contributed by atoms with Crippen LogP contribution in [0.15, 0.2) is 42.9 Å². The molecule has 0 saturated carbocycles. The molecular weight excluding hydrogens is 400 g/mol. The van der Waals surface area contributed by atoms with Crippen molar-refractivity contribution in [3.63, 3.8) is 0 Å². The third-order valence-electron chi connectivity index (χ3n) is 5.29. The molecule has 1 fully saturated rings. The summed E-state index contributed by atoms with van der Waals surface area (Å²) in [7, 11) is 0. The van der Waals surface area contributed by atoms with Gasteiger partial charge in [0.1, 0.15) is 6.33 Å². The SMILES string of the molecule is CCOC(=O)C1CCN(c2ncnc(Nc3cccc4cccnc34)c2[N+](=O)[O-])CC1. The van der Waals surface area contributed by atoms with Crippen LogP contribution in [0.1, 0.15) is 19.8 Å². The summed E-state index contributed by atoms with van der Waals surface area (Å²) in [5.74, 6) is -0.0831. The largest absolute Gasteiger partial charge is 0.466 e. The van der Waals surface area contributed by atoms with Crippen molar-refractivity contribution >= 4 is 39.9 Å². The topological polar surface area (TPSA) is 123 Å². The third-order valence-corrected chi connectivity index (χ3v) is 5.29. The number of rotatable bonds is 6. The molecule has 1 aliphatic heterocycles. The highest BCUT2D eigenvalue weighted by Gasteiger charge is 2.32. The van der Waals surface area contributed by atoms with Gasteiger partial charge in [-0.1, -0.05) is 18.2 Å². The molecule has 0 bridgehead atoms. The van der Waals surface area contributed by atoms with Crippen molar-refractivity contribution in [2.45, 2.75) is 19.8 Å². The van der Waals surface area contributed by atoms with Crippen LogP contribution in [0.3, 0.4) is 0 Å². The first kappa shape index (κ1) is 20.5. The Hall–Kier alpha value is -3.82. The normalized spacial score (nSPS) is 14.4. The van der Waals surface area contributed by atoms with Gasteiger partial charge in [-0.15, -0.1) is 0 Å². The zero-order chi connectivity index (χ0) is 21.8. The van der Waals surface area contributed by atoms with Gasteiger partial charge in [0.25, 0.3) is 0 Å². The lowest BCUT2D eigenvalue weighted by atomic mass is 9.97. The number of hydrogen-bond donors (Lipinski definition) is 1. The molecule has 10 nitrogen and oxygen atoms in total. The Bertz CT molecular complexity index is 1110. The van der Waals surface area contributed by atoms with Gasteiger partial charge in [0.2, 0.25) is 11.6 Å². The summed E-state index contributed by atoms with van der Waals surface area (Å²) in [4.78, 5) is 38.0. The molecule has 1 aromatic carbocycles. The minimum atomic E-state index is -0.479. The van der Waals surface area contributed by atoms with Gasteiger partial charge in [-0.25, -0.2) is 9.97 Å². The molecule has 4 rings (SSSR count). The summed E-state index contributed by atoms with van der Waals surface area (Å²) in [5, 5.41) is 15.9. The Morgan fingerprint density at radius 3 is 2.74 bits per heavy atom. The number of anilines is 3. The maximum absolute atomic E-state index is 12.0. The monoisotopic (exact) mass is 422 g/mol. The van der Waals surface area contributed by atoms with Crippen LogP contribution < -0.4 is 10.2 Å². The van der Waals surface area contributed by atoms with Crippen LogP contribution in [0.5, 0.6) is 0 Å².